The smallest absolute Gasteiger partial charge is 0.416 e. The quantitative estimate of drug-likeness (QED) is 0.403. The van der Waals surface area contributed by atoms with E-state index in [1.54, 1.807) is 30.3 Å². The van der Waals surface area contributed by atoms with E-state index in [0.29, 0.717) is 28.6 Å². The first-order valence-corrected chi connectivity index (χ1v) is 11.0. The molecule has 0 aliphatic carbocycles. The summed E-state index contributed by atoms with van der Waals surface area (Å²) < 4.78 is 45.4. The maximum Gasteiger partial charge on any atom is 0.416 e. The summed E-state index contributed by atoms with van der Waals surface area (Å²) in [4.78, 5) is 6.51. The Morgan fingerprint density at radius 2 is 1.65 bits per heavy atom. The number of benzene rings is 3. The molecule has 31 heavy (non-hydrogen) atoms. The molecule has 1 unspecified atom stereocenters. The summed E-state index contributed by atoms with van der Waals surface area (Å²) in [7, 11) is 0. The monoisotopic (exact) mass is 462 g/mol. The van der Waals surface area contributed by atoms with Gasteiger partial charge in [-0.3, -0.25) is 4.99 Å². The van der Waals surface area contributed by atoms with Crippen molar-refractivity contribution < 1.29 is 17.9 Å². The SMILES string of the molecule is CSC1=NCC(c2cccc(C(F)(F)F)c2)N1c1ccc(Oc2ccc(Cl)cc2)cc1. The second kappa shape index (κ2) is 8.85. The van der Waals surface area contributed by atoms with Crippen LogP contribution in [0.1, 0.15) is 17.2 Å². The van der Waals surface area contributed by atoms with Crippen molar-refractivity contribution in [2.45, 2.75) is 12.2 Å². The van der Waals surface area contributed by atoms with Gasteiger partial charge < -0.3 is 9.64 Å². The molecule has 0 saturated carbocycles. The van der Waals surface area contributed by atoms with Crippen molar-refractivity contribution in [1.29, 1.82) is 0 Å². The molecule has 0 bridgehead atoms. The third-order valence-electron chi connectivity index (χ3n) is 4.86. The molecule has 0 aromatic heterocycles. The number of thioether (sulfide) groups is 1. The van der Waals surface area contributed by atoms with E-state index >= 15 is 0 Å². The highest BCUT2D eigenvalue weighted by Crippen LogP contribution is 2.38. The molecule has 1 aliphatic rings. The van der Waals surface area contributed by atoms with Crippen molar-refractivity contribution in [3.63, 3.8) is 0 Å². The summed E-state index contributed by atoms with van der Waals surface area (Å²) >= 11 is 7.36. The van der Waals surface area contributed by atoms with E-state index in [0.717, 1.165) is 16.9 Å². The summed E-state index contributed by atoms with van der Waals surface area (Å²) in [5.74, 6) is 1.30. The van der Waals surface area contributed by atoms with Gasteiger partial charge in [0.1, 0.15) is 11.5 Å². The number of anilines is 1. The molecule has 0 spiro atoms. The molecule has 8 heteroatoms. The molecule has 1 aliphatic heterocycles. The molecule has 0 fully saturated rings. The van der Waals surface area contributed by atoms with E-state index in [-0.39, 0.29) is 6.04 Å². The second-order valence-corrected chi connectivity index (χ2v) is 8.10. The van der Waals surface area contributed by atoms with Gasteiger partial charge in [-0.15, -0.1) is 0 Å². The number of hydrogen-bond donors (Lipinski definition) is 0. The number of aliphatic imine (C=N–C) groups is 1. The highest BCUT2D eigenvalue weighted by Gasteiger charge is 2.34. The Morgan fingerprint density at radius 3 is 2.26 bits per heavy atom. The van der Waals surface area contributed by atoms with E-state index in [1.807, 2.05) is 35.4 Å². The Labute approximate surface area is 187 Å². The van der Waals surface area contributed by atoms with Crippen LogP contribution >= 0.6 is 23.4 Å². The summed E-state index contributed by atoms with van der Waals surface area (Å²) in [6, 6.07) is 19.6. The van der Waals surface area contributed by atoms with Gasteiger partial charge >= 0.3 is 6.18 Å². The fourth-order valence-corrected chi connectivity index (χ4v) is 4.16. The zero-order valence-corrected chi connectivity index (χ0v) is 18.0. The first kappa shape index (κ1) is 21.6. The van der Waals surface area contributed by atoms with Crippen LogP contribution in [0.25, 0.3) is 0 Å². The molecule has 0 amide bonds. The van der Waals surface area contributed by atoms with Gasteiger partial charge in [0.2, 0.25) is 0 Å². The molecule has 0 saturated heterocycles. The van der Waals surface area contributed by atoms with Crippen molar-refractivity contribution in [2.24, 2.45) is 4.99 Å². The summed E-state index contributed by atoms with van der Waals surface area (Å²) in [6.07, 6.45) is -2.48. The number of rotatable bonds is 4. The van der Waals surface area contributed by atoms with Gasteiger partial charge in [0.25, 0.3) is 0 Å². The Kier molecular flexibility index (Phi) is 6.16. The van der Waals surface area contributed by atoms with Crippen molar-refractivity contribution in [2.75, 3.05) is 17.7 Å². The molecule has 3 aromatic rings. The third kappa shape index (κ3) is 4.83. The lowest BCUT2D eigenvalue weighted by Crippen LogP contribution is -2.29. The molecular formula is C23H18ClF3N2OS. The molecule has 0 N–H and O–H groups in total. The van der Waals surface area contributed by atoms with Gasteiger partial charge in [0.05, 0.1) is 18.2 Å². The molecular weight excluding hydrogens is 445 g/mol. The Bertz CT molecular complexity index is 1090. The van der Waals surface area contributed by atoms with Crippen LogP contribution in [-0.2, 0) is 6.18 Å². The Balaban J connectivity index is 1.60. The third-order valence-corrected chi connectivity index (χ3v) is 5.81. The van der Waals surface area contributed by atoms with E-state index < -0.39 is 11.7 Å². The zero-order valence-electron chi connectivity index (χ0n) is 16.4. The minimum Gasteiger partial charge on any atom is -0.457 e. The highest BCUT2D eigenvalue weighted by atomic mass is 35.5. The number of halogens is 4. The van der Waals surface area contributed by atoms with E-state index in [4.69, 9.17) is 16.3 Å². The molecule has 4 rings (SSSR count). The largest absolute Gasteiger partial charge is 0.457 e. The Hall–Kier alpha value is -2.64. The van der Waals surface area contributed by atoms with Crippen LogP contribution in [-0.4, -0.2) is 18.0 Å². The minimum atomic E-state index is -4.39. The van der Waals surface area contributed by atoms with E-state index in [1.165, 1.54) is 23.9 Å². The highest BCUT2D eigenvalue weighted by molar-refractivity contribution is 8.13. The van der Waals surface area contributed by atoms with Gasteiger partial charge in [0.15, 0.2) is 5.17 Å². The molecule has 1 heterocycles. The first-order valence-electron chi connectivity index (χ1n) is 9.43. The van der Waals surface area contributed by atoms with Crippen LogP contribution in [0.5, 0.6) is 11.5 Å². The summed E-state index contributed by atoms with van der Waals surface area (Å²) in [6.45, 7) is 0.389. The standard InChI is InChI=1S/C23H18ClF3N2OS/c1-31-22-28-14-21(15-3-2-4-16(13-15)23(25,26)27)29(22)18-7-11-20(12-8-18)30-19-9-5-17(24)6-10-19/h2-13,21H,14H2,1H3. The zero-order chi connectivity index (χ0) is 22.0. The fourth-order valence-electron chi connectivity index (χ4n) is 3.40. The van der Waals surface area contributed by atoms with Crippen molar-refractivity contribution >= 4 is 34.2 Å². The molecule has 0 radical (unpaired) electrons. The number of ether oxygens (including phenoxy) is 1. The predicted molar refractivity (Wildman–Crippen MR) is 120 cm³/mol. The number of nitrogens with zero attached hydrogens (tertiary/aromatic N) is 2. The molecule has 3 aromatic carbocycles. The van der Waals surface area contributed by atoms with Gasteiger partial charge in [-0.25, -0.2) is 0 Å². The summed E-state index contributed by atoms with van der Waals surface area (Å²) in [5.41, 5.74) is 0.745. The topological polar surface area (TPSA) is 24.8 Å². The van der Waals surface area contributed by atoms with Gasteiger partial charge in [-0.1, -0.05) is 35.5 Å². The number of amidine groups is 1. The van der Waals surface area contributed by atoms with E-state index in [9.17, 15) is 13.2 Å². The first-order chi connectivity index (χ1) is 14.8. The molecule has 1 atom stereocenters. The van der Waals surface area contributed by atoms with Crippen molar-refractivity contribution in [3.05, 3.63) is 88.9 Å². The maximum absolute atomic E-state index is 13.2. The lowest BCUT2D eigenvalue weighted by Gasteiger charge is -2.28. The lowest BCUT2D eigenvalue weighted by molar-refractivity contribution is -0.137. The van der Waals surface area contributed by atoms with Gasteiger partial charge in [-0.05, 0) is 72.5 Å². The van der Waals surface area contributed by atoms with Crippen LogP contribution in [0.2, 0.25) is 5.02 Å². The van der Waals surface area contributed by atoms with Gasteiger partial charge in [0, 0.05) is 10.7 Å². The average molecular weight is 463 g/mol. The normalized spacial score (nSPS) is 16.4. The minimum absolute atomic E-state index is 0.312. The fraction of sp³-hybridized carbons (Fsp3) is 0.174. The van der Waals surface area contributed by atoms with Crippen LogP contribution < -0.4 is 9.64 Å². The number of hydrogen-bond acceptors (Lipinski definition) is 4. The lowest BCUT2D eigenvalue weighted by atomic mass is 10.0. The van der Waals surface area contributed by atoms with Crippen LogP contribution in [0.15, 0.2) is 77.8 Å². The maximum atomic E-state index is 13.2. The van der Waals surface area contributed by atoms with Crippen LogP contribution in [0.3, 0.4) is 0 Å². The van der Waals surface area contributed by atoms with Crippen molar-refractivity contribution in [3.8, 4) is 11.5 Å². The molecule has 3 nitrogen and oxygen atoms in total. The van der Waals surface area contributed by atoms with Crippen LogP contribution in [0, 0.1) is 0 Å². The van der Waals surface area contributed by atoms with E-state index in [2.05, 4.69) is 4.99 Å². The second-order valence-electron chi connectivity index (χ2n) is 6.89. The van der Waals surface area contributed by atoms with Crippen LogP contribution in [0.4, 0.5) is 18.9 Å². The van der Waals surface area contributed by atoms with Crippen molar-refractivity contribution in [1.82, 2.24) is 0 Å². The number of alkyl halides is 3. The summed E-state index contributed by atoms with van der Waals surface area (Å²) in [5, 5.41) is 1.38. The molecule has 160 valence electrons. The average Bonchev–Trinajstić information content (AvgIpc) is 3.20. The predicted octanol–water partition coefficient (Wildman–Crippen LogP) is 7.43. The van der Waals surface area contributed by atoms with Gasteiger partial charge in [-0.2, -0.15) is 13.2 Å². The Morgan fingerprint density at radius 1 is 1.00 bits per heavy atom.